The van der Waals surface area contributed by atoms with Crippen LogP contribution >= 0.6 is 27.5 Å². The Balaban J connectivity index is 1.49. The smallest absolute Gasteiger partial charge is 0.273 e. The van der Waals surface area contributed by atoms with Gasteiger partial charge in [0.2, 0.25) is 0 Å². The lowest BCUT2D eigenvalue weighted by Crippen LogP contribution is -2.29. The zero-order chi connectivity index (χ0) is 25.4. The molecular weight excluding hydrogens is 548 g/mol. The van der Waals surface area contributed by atoms with Crippen LogP contribution in [0.15, 0.2) is 65.2 Å². The second-order valence-electron chi connectivity index (χ2n) is 8.79. The summed E-state index contributed by atoms with van der Waals surface area (Å²) in [5.74, 6) is 1.89. The van der Waals surface area contributed by atoms with Crippen LogP contribution in [0, 0.1) is 16.0 Å². The van der Waals surface area contributed by atoms with Crippen molar-refractivity contribution in [3.63, 3.8) is 0 Å². The van der Waals surface area contributed by atoms with Gasteiger partial charge in [0.25, 0.3) is 5.69 Å². The van der Waals surface area contributed by atoms with Crippen LogP contribution in [-0.4, -0.2) is 19.1 Å². The van der Waals surface area contributed by atoms with Gasteiger partial charge in [-0.2, -0.15) is 0 Å². The first-order chi connectivity index (χ1) is 17.4. The maximum Gasteiger partial charge on any atom is 0.273 e. The lowest BCUT2D eigenvalue weighted by Gasteiger charge is -2.38. The number of hydrogen-bond donors (Lipinski definition) is 1. The first kappa shape index (κ1) is 24.5. The molecule has 0 radical (unpaired) electrons. The molecule has 0 fully saturated rings. The van der Waals surface area contributed by atoms with Gasteiger partial charge in [-0.3, -0.25) is 10.1 Å². The first-order valence-corrected chi connectivity index (χ1v) is 12.6. The number of benzene rings is 3. The Morgan fingerprint density at radius 2 is 1.86 bits per heavy atom. The van der Waals surface area contributed by atoms with Gasteiger partial charge in [0.1, 0.15) is 12.4 Å². The molecule has 0 unspecified atom stereocenters. The van der Waals surface area contributed by atoms with Gasteiger partial charge in [0.05, 0.1) is 41.4 Å². The van der Waals surface area contributed by atoms with Crippen molar-refractivity contribution in [3.05, 3.63) is 97.0 Å². The molecule has 3 atom stereocenters. The number of nitro benzene ring substituents is 1. The van der Waals surface area contributed by atoms with Crippen LogP contribution in [0.5, 0.6) is 17.2 Å². The third kappa shape index (κ3) is 4.51. The highest BCUT2D eigenvalue weighted by Crippen LogP contribution is 2.54. The van der Waals surface area contributed by atoms with Gasteiger partial charge in [-0.05, 0) is 69.2 Å². The van der Waals surface area contributed by atoms with E-state index in [0.29, 0.717) is 28.9 Å². The third-order valence-electron chi connectivity index (χ3n) is 6.76. The first-order valence-electron chi connectivity index (χ1n) is 11.4. The highest BCUT2D eigenvalue weighted by atomic mass is 79.9. The van der Waals surface area contributed by atoms with E-state index in [-0.39, 0.29) is 28.5 Å². The number of halogens is 2. The molecule has 0 spiro atoms. The van der Waals surface area contributed by atoms with Crippen LogP contribution in [0.4, 0.5) is 11.4 Å². The molecule has 9 heteroatoms. The number of methoxy groups -OCH3 is 2. The quantitative estimate of drug-likeness (QED) is 0.180. The van der Waals surface area contributed by atoms with E-state index < -0.39 is 0 Å². The van der Waals surface area contributed by atoms with Crippen molar-refractivity contribution in [1.82, 2.24) is 0 Å². The van der Waals surface area contributed by atoms with E-state index >= 15 is 0 Å². The number of fused-ring (bicyclic) bond motifs is 3. The Bertz CT molecular complexity index is 1340. The Morgan fingerprint density at radius 3 is 2.56 bits per heavy atom. The number of allylic oxidation sites excluding steroid dienone is 2. The zero-order valence-electron chi connectivity index (χ0n) is 19.7. The number of nitrogens with zero attached hydrogens (tertiary/aromatic N) is 1. The van der Waals surface area contributed by atoms with Crippen molar-refractivity contribution in [1.29, 1.82) is 0 Å². The molecule has 1 heterocycles. The average Bonchev–Trinajstić information content (AvgIpc) is 3.37. The van der Waals surface area contributed by atoms with Crippen molar-refractivity contribution < 1.29 is 19.1 Å². The van der Waals surface area contributed by atoms with Crippen molar-refractivity contribution in [3.8, 4) is 17.2 Å². The van der Waals surface area contributed by atoms with E-state index in [1.54, 1.807) is 13.2 Å². The SMILES string of the molecule is COc1cc([N+](=O)[O-])cc2c1N[C@H](c1cc(Br)c(OCc3ccc(Cl)cc3)c(OC)c1)[C@H]1CC=C[C@H]21. The van der Waals surface area contributed by atoms with Gasteiger partial charge >= 0.3 is 0 Å². The minimum Gasteiger partial charge on any atom is -0.494 e. The number of non-ortho nitro benzene ring substituents is 1. The Hall–Kier alpha value is -3.23. The fourth-order valence-corrected chi connectivity index (χ4v) is 5.74. The molecule has 186 valence electrons. The largest absolute Gasteiger partial charge is 0.494 e. The molecule has 3 aromatic rings. The van der Waals surface area contributed by atoms with Gasteiger partial charge in [-0.15, -0.1) is 0 Å². The highest BCUT2D eigenvalue weighted by Gasteiger charge is 2.40. The molecule has 1 aliphatic carbocycles. The number of rotatable bonds is 7. The third-order valence-corrected chi connectivity index (χ3v) is 7.60. The van der Waals surface area contributed by atoms with Crippen molar-refractivity contribution in [2.24, 2.45) is 5.92 Å². The maximum absolute atomic E-state index is 11.5. The standard InChI is InChI=1S/C27H24BrClN2O5/c1-34-23-13-18(31(32)33)12-21-19-4-3-5-20(19)25(30-26(21)23)16-10-22(28)27(24(11-16)35-2)36-14-15-6-8-17(29)9-7-15/h3-4,6-13,19-20,25,30H,5,14H2,1-2H3/t19-,20-,25+/m0/s1. The molecule has 2 aliphatic rings. The predicted octanol–water partition coefficient (Wildman–Crippen LogP) is 7.43. The van der Waals surface area contributed by atoms with E-state index in [0.717, 1.165) is 33.3 Å². The number of anilines is 1. The maximum atomic E-state index is 11.5. The minimum absolute atomic E-state index is 0.0245. The predicted molar refractivity (Wildman–Crippen MR) is 142 cm³/mol. The normalized spacial score (nSPS) is 19.7. The van der Waals surface area contributed by atoms with Crippen molar-refractivity contribution in [2.75, 3.05) is 19.5 Å². The molecule has 5 rings (SSSR count). The van der Waals surface area contributed by atoms with E-state index in [9.17, 15) is 10.1 Å². The number of ether oxygens (including phenoxy) is 3. The van der Waals surface area contributed by atoms with Crippen LogP contribution in [0.25, 0.3) is 0 Å². The van der Waals surface area contributed by atoms with Crippen LogP contribution < -0.4 is 19.5 Å². The van der Waals surface area contributed by atoms with Crippen LogP contribution in [0.3, 0.4) is 0 Å². The van der Waals surface area contributed by atoms with E-state index in [1.807, 2.05) is 36.4 Å². The molecule has 1 N–H and O–H groups in total. The highest BCUT2D eigenvalue weighted by molar-refractivity contribution is 9.10. The molecule has 0 bridgehead atoms. The lowest BCUT2D eigenvalue weighted by atomic mass is 9.76. The van der Waals surface area contributed by atoms with Crippen molar-refractivity contribution >= 4 is 38.9 Å². The van der Waals surface area contributed by atoms with Gasteiger partial charge < -0.3 is 19.5 Å². The van der Waals surface area contributed by atoms with Gasteiger partial charge in [0, 0.05) is 17.0 Å². The summed E-state index contributed by atoms with van der Waals surface area (Å²) in [5, 5.41) is 15.8. The van der Waals surface area contributed by atoms with Gasteiger partial charge in [-0.25, -0.2) is 0 Å². The van der Waals surface area contributed by atoms with E-state index in [1.165, 1.54) is 13.2 Å². The summed E-state index contributed by atoms with van der Waals surface area (Å²) in [7, 11) is 3.14. The molecule has 7 nitrogen and oxygen atoms in total. The molecule has 36 heavy (non-hydrogen) atoms. The minimum atomic E-state index is -0.382. The van der Waals surface area contributed by atoms with Gasteiger partial charge in [-0.1, -0.05) is 35.9 Å². The Kier molecular flexibility index (Phi) is 6.81. The molecule has 0 saturated heterocycles. The summed E-state index contributed by atoms with van der Waals surface area (Å²) < 4.78 is 18.2. The fraction of sp³-hybridized carbons (Fsp3) is 0.259. The number of hydrogen-bond acceptors (Lipinski definition) is 6. The van der Waals surface area contributed by atoms with E-state index in [4.69, 9.17) is 25.8 Å². The molecule has 1 aliphatic heterocycles. The number of nitrogens with one attached hydrogen (secondary N) is 1. The summed E-state index contributed by atoms with van der Waals surface area (Å²) in [5.41, 5.74) is 3.69. The number of nitro groups is 1. The molecule has 0 aromatic heterocycles. The van der Waals surface area contributed by atoms with Crippen molar-refractivity contribution in [2.45, 2.75) is 25.0 Å². The van der Waals surface area contributed by atoms with E-state index in [2.05, 4.69) is 33.4 Å². The summed E-state index contributed by atoms with van der Waals surface area (Å²) in [6, 6.07) is 14.6. The summed E-state index contributed by atoms with van der Waals surface area (Å²) >= 11 is 9.67. The molecule has 0 amide bonds. The zero-order valence-corrected chi connectivity index (χ0v) is 22.0. The molecule has 3 aromatic carbocycles. The average molecular weight is 572 g/mol. The summed E-state index contributed by atoms with van der Waals surface area (Å²) in [6.45, 7) is 0.366. The second-order valence-corrected chi connectivity index (χ2v) is 10.1. The monoisotopic (exact) mass is 570 g/mol. The fourth-order valence-electron chi connectivity index (χ4n) is 5.04. The van der Waals surface area contributed by atoms with Gasteiger partial charge in [0.15, 0.2) is 11.5 Å². The second kappa shape index (κ2) is 10.0. The van der Waals surface area contributed by atoms with Crippen LogP contribution in [-0.2, 0) is 6.61 Å². The lowest BCUT2D eigenvalue weighted by molar-refractivity contribution is -0.385. The topological polar surface area (TPSA) is 82.9 Å². The summed E-state index contributed by atoms with van der Waals surface area (Å²) in [4.78, 5) is 11.1. The Morgan fingerprint density at radius 1 is 1.11 bits per heavy atom. The van der Waals surface area contributed by atoms with Crippen LogP contribution in [0.2, 0.25) is 5.02 Å². The summed E-state index contributed by atoms with van der Waals surface area (Å²) in [6.07, 6.45) is 5.12. The molecular formula is C27H24BrClN2O5. The van der Waals surface area contributed by atoms with Crippen LogP contribution in [0.1, 0.15) is 35.1 Å². The molecule has 0 saturated carbocycles. The Labute approximate surface area is 222 Å².